The number of rotatable bonds is 2. The Hall–Kier alpha value is -1.84. The minimum absolute atomic E-state index is 0.134. The van der Waals surface area contributed by atoms with Crippen LogP contribution in [0.25, 0.3) is 5.57 Å². The number of hydrogen-bond donors (Lipinski definition) is 1. The summed E-state index contributed by atoms with van der Waals surface area (Å²) in [7, 11) is 0. The van der Waals surface area contributed by atoms with Gasteiger partial charge in [0.25, 0.3) is 0 Å². The number of halogens is 1. The van der Waals surface area contributed by atoms with Crippen molar-refractivity contribution < 1.29 is 9.60 Å². The summed E-state index contributed by atoms with van der Waals surface area (Å²) >= 11 is 0. The lowest BCUT2D eigenvalue weighted by atomic mass is 9.88. The van der Waals surface area contributed by atoms with E-state index in [2.05, 4.69) is 36.9 Å². The Morgan fingerprint density at radius 2 is 2.11 bits per heavy atom. The molecule has 1 aliphatic rings. The first-order valence-corrected chi connectivity index (χ1v) is 6.39. The van der Waals surface area contributed by atoms with E-state index < -0.39 is 0 Å². The van der Waals surface area contributed by atoms with Gasteiger partial charge in [0.2, 0.25) is 0 Å². The number of likely N-dealkylation sites (N-methyl/N-ethyl adjacent to an activating group) is 1. The Balaban J connectivity index is 2.67. The van der Waals surface area contributed by atoms with Gasteiger partial charge >= 0.3 is 0 Å². The highest BCUT2D eigenvalue weighted by atomic mass is 19.1. The van der Waals surface area contributed by atoms with Crippen LogP contribution in [0.5, 0.6) is 0 Å². The fourth-order valence-corrected chi connectivity index (χ4v) is 2.85. The van der Waals surface area contributed by atoms with Gasteiger partial charge in [-0.05, 0) is 45.4 Å². The Labute approximate surface area is 113 Å². The first kappa shape index (κ1) is 13.6. The fourth-order valence-electron chi connectivity index (χ4n) is 2.85. The van der Waals surface area contributed by atoms with Crippen LogP contribution < -0.4 is 4.90 Å². The van der Waals surface area contributed by atoms with Crippen LogP contribution in [0, 0.1) is 5.82 Å². The zero-order valence-electron chi connectivity index (χ0n) is 11.7. The highest BCUT2D eigenvalue weighted by Crippen LogP contribution is 2.39. The molecule has 0 saturated heterocycles. The average molecular weight is 262 g/mol. The smallest absolute Gasteiger partial charge is 0.134 e. The zero-order valence-corrected chi connectivity index (χ0v) is 11.7. The van der Waals surface area contributed by atoms with E-state index in [0.29, 0.717) is 5.56 Å². The minimum atomic E-state index is -0.375. The van der Waals surface area contributed by atoms with Crippen molar-refractivity contribution in [1.29, 1.82) is 0 Å². The van der Waals surface area contributed by atoms with E-state index in [1.165, 1.54) is 6.07 Å². The van der Waals surface area contributed by atoms with Crippen LogP contribution in [0.3, 0.4) is 0 Å². The topological polar surface area (TPSA) is 35.8 Å². The molecule has 0 spiro atoms. The van der Waals surface area contributed by atoms with Gasteiger partial charge in [-0.2, -0.15) is 0 Å². The quantitative estimate of drug-likeness (QED) is 0.501. The van der Waals surface area contributed by atoms with Gasteiger partial charge in [0.1, 0.15) is 5.82 Å². The second kappa shape index (κ2) is 4.68. The maximum absolute atomic E-state index is 14.0. The Bertz CT molecular complexity index is 562. The van der Waals surface area contributed by atoms with Crippen LogP contribution in [0.2, 0.25) is 0 Å². The molecule has 1 aromatic carbocycles. The molecule has 19 heavy (non-hydrogen) atoms. The van der Waals surface area contributed by atoms with Gasteiger partial charge in [0.15, 0.2) is 0 Å². The summed E-state index contributed by atoms with van der Waals surface area (Å²) in [6, 6.07) is 3.25. The second-order valence-corrected chi connectivity index (χ2v) is 5.36. The molecule has 0 radical (unpaired) electrons. The summed E-state index contributed by atoms with van der Waals surface area (Å²) in [6.07, 6.45) is 3.30. The third-order valence-electron chi connectivity index (χ3n) is 3.61. The Morgan fingerprint density at radius 3 is 2.68 bits per heavy atom. The number of fused-ring (bicyclic) bond motifs is 1. The third kappa shape index (κ3) is 2.23. The van der Waals surface area contributed by atoms with Crippen molar-refractivity contribution in [2.45, 2.75) is 33.2 Å². The number of hydrogen-bond acceptors (Lipinski definition) is 3. The Kier molecular flexibility index (Phi) is 3.35. The predicted octanol–water partition coefficient (Wildman–Crippen LogP) is 3.66. The second-order valence-electron chi connectivity index (χ2n) is 5.36. The van der Waals surface area contributed by atoms with Crippen molar-refractivity contribution in [3.63, 3.8) is 0 Å². The molecule has 0 saturated carbocycles. The van der Waals surface area contributed by atoms with Crippen molar-refractivity contribution in [2.24, 2.45) is 5.16 Å². The first-order chi connectivity index (χ1) is 8.90. The molecule has 1 heterocycles. The van der Waals surface area contributed by atoms with Crippen LogP contribution in [0.4, 0.5) is 10.1 Å². The number of oxime groups is 1. The van der Waals surface area contributed by atoms with E-state index in [1.54, 1.807) is 6.07 Å². The number of nitrogens with zero attached hydrogens (tertiary/aromatic N) is 2. The molecule has 102 valence electrons. The summed E-state index contributed by atoms with van der Waals surface area (Å²) in [6.45, 7) is 9.11. The van der Waals surface area contributed by atoms with Gasteiger partial charge in [-0.15, -0.1) is 0 Å². The summed E-state index contributed by atoms with van der Waals surface area (Å²) in [4.78, 5) is 2.16. The molecule has 0 amide bonds. The number of benzene rings is 1. The maximum atomic E-state index is 14.0. The van der Waals surface area contributed by atoms with Crippen LogP contribution in [0.15, 0.2) is 23.4 Å². The number of anilines is 1. The number of allylic oxidation sites excluding steroid dienone is 1. The summed E-state index contributed by atoms with van der Waals surface area (Å²) < 4.78 is 14.0. The van der Waals surface area contributed by atoms with Gasteiger partial charge in [0.05, 0.1) is 11.8 Å². The summed E-state index contributed by atoms with van der Waals surface area (Å²) in [5.41, 5.74) is 3.14. The summed E-state index contributed by atoms with van der Waals surface area (Å²) in [5.74, 6) is -0.375. The third-order valence-corrected chi connectivity index (χ3v) is 3.61. The van der Waals surface area contributed by atoms with Crippen molar-refractivity contribution >= 4 is 17.5 Å². The molecule has 0 bridgehead atoms. The molecular formula is C15H19FN2O. The first-order valence-electron chi connectivity index (χ1n) is 6.39. The van der Waals surface area contributed by atoms with Crippen molar-refractivity contribution in [1.82, 2.24) is 0 Å². The predicted molar refractivity (Wildman–Crippen MR) is 76.5 cm³/mol. The molecule has 0 unspecified atom stereocenters. The molecule has 1 aromatic rings. The van der Waals surface area contributed by atoms with E-state index in [-0.39, 0.29) is 11.4 Å². The molecule has 0 aromatic heterocycles. The van der Waals surface area contributed by atoms with E-state index in [4.69, 9.17) is 5.21 Å². The van der Waals surface area contributed by atoms with E-state index >= 15 is 0 Å². The Morgan fingerprint density at radius 1 is 1.42 bits per heavy atom. The van der Waals surface area contributed by atoms with Crippen LogP contribution >= 0.6 is 0 Å². The average Bonchev–Trinajstić information content (AvgIpc) is 2.31. The largest absolute Gasteiger partial charge is 0.411 e. The molecule has 0 fully saturated rings. The molecule has 3 nitrogen and oxygen atoms in total. The lowest BCUT2D eigenvalue weighted by Crippen LogP contribution is -2.45. The maximum Gasteiger partial charge on any atom is 0.134 e. The van der Waals surface area contributed by atoms with Gasteiger partial charge < -0.3 is 10.1 Å². The molecule has 1 N–H and O–H groups in total. The van der Waals surface area contributed by atoms with Crippen LogP contribution in [0.1, 0.15) is 38.8 Å². The van der Waals surface area contributed by atoms with Crippen LogP contribution in [-0.4, -0.2) is 23.5 Å². The standard InChI is InChI=1S/C15H19FN2O/c1-5-18-14-7-13(16)11(9-17-19)6-12(14)10(2)8-15(18,3)4/h6-9,19H,5H2,1-4H3. The molecular weight excluding hydrogens is 243 g/mol. The van der Waals surface area contributed by atoms with Gasteiger partial charge in [-0.1, -0.05) is 11.2 Å². The van der Waals surface area contributed by atoms with Gasteiger partial charge in [0, 0.05) is 23.4 Å². The van der Waals surface area contributed by atoms with E-state index in [9.17, 15) is 4.39 Å². The molecule has 1 aliphatic heterocycles. The monoisotopic (exact) mass is 262 g/mol. The highest BCUT2D eigenvalue weighted by molar-refractivity contribution is 5.87. The molecule has 0 atom stereocenters. The molecule has 2 rings (SSSR count). The summed E-state index contributed by atoms with van der Waals surface area (Å²) in [5, 5.41) is 11.5. The zero-order chi connectivity index (χ0) is 14.2. The highest BCUT2D eigenvalue weighted by Gasteiger charge is 2.30. The lowest BCUT2D eigenvalue weighted by Gasteiger charge is -2.42. The van der Waals surface area contributed by atoms with Gasteiger partial charge in [-0.3, -0.25) is 0 Å². The SMILES string of the molecule is CCN1c2cc(F)c(C=NO)cc2C(C)=CC1(C)C. The van der Waals surface area contributed by atoms with Crippen molar-refractivity contribution in [3.8, 4) is 0 Å². The minimum Gasteiger partial charge on any atom is -0.411 e. The van der Waals surface area contributed by atoms with Crippen molar-refractivity contribution in [3.05, 3.63) is 35.2 Å². The van der Waals surface area contributed by atoms with E-state index in [0.717, 1.165) is 29.6 Å². The molecule has 4 heteroatoms. The fraction of sp³-hybridized carbons (Fsp3) is 0.400. The lowest BCUT2D eigenvalue weighted by molar-refractivity contribution is 0.321. The van der Waals surface area contributed by atoms with Crippen molar-refractivity contribution in [2.75, 3.05) is 11.4 Å². The normalized spacial score (nSPS) is 17.5. The molecule has 0 aliphatic carbocycles. The van der Waals surface area contributed by atoms with Crippen LogP contribution in [-0.2, 0) is 0 Å². The van der Waals surface area contributed by atoms with E-state index in [1.807, 2.05) is 6.92 Å². The van der Waals surface area contributed by atoms with Gasteiger partial charge in [-0.25, -0.2) is 4.39 Å².